The average molecular weight is 160 g/mol. The van der Waals surface area contributed by atoms with Gasteiger partial charge < -0.3 is 4.74 Å². The molecule has 0 fully saturated rings. The van der Waals surface area contributed by atoms with Crippen molar-refractivity contribution in [2.75, 3.05) is 13.3 Å². The summed E-state index contributed by atoms with van der Waals surface area (Å²) in [6.07, 6.45) is -5.34. The van der Waals surface area contributed by atoms with E-state index in [9.17, 15) is 17.6 Å². The van der Waals surface area contributed by atoms with Crippen LogP contribution in [0.3, 0.4) is 0 Å². The first-order valence-electron chi connectivity index (χ1n) is 2.70. The first-order chi connectivity index (χ1) is 4.48. The van der Waals surface area contributed by atoms with Crippen molar-refractivity contribution in [3.8, 4) is 0 Å². The fourth-order valence-corrected chi connectivity index (χ4v) is 0.275. The van der Waals surface area contributed by atoms with Crippen LogP contribution in [0.25, 0.3) is 0 Å². The lowest BCUT2D eigenvalue weighted by atomic mass is 10.5. The molecule has 0 radical (unpaired) electrons. The molecule has 1 atom stereocenters. The van der Waals surface area contributed by atoms with E-state index in [-0.39, 0.29) is 0 Å². The standard InChI is InChI=1S/C5H8F4O/c1-4(7)2-10-5(8,9)3-6/h4H,2-3H2,1H3. The van der Waals surface area contributed by atoms with Crippen molar-refractivity contribution >= 4 is 0 Å². The predicted octanol–water partition coefficient (Wildman–Crippen LogP) is 1.92. The molecule has 0 aromatic carbocycles. The van der Waals surface area contributed by atoms with E-state index in [2.05, 4.69) is 4.74 Å². The van der Waals surface area contributed by atoms with Crippen molar-refractivity contribution in [1.29, 1.82) is 0 Å². The Bertz CT molecular complexity index is 93.6. The number of rotatable bonds is 4. The van der Waals surface area contributed by atoms with Gasteiger partial charge in [0.25, 0.3) is 0 Å². The van der Waals surface area contributed by atoms with Crippen LogP contribution in [0.1, 0.15) is 6.92 Å². The Kier molecular flexibility index (Phi) is 3.63. The van der Waals surface area contributed by atoms with Crippen LogP contribution in [0.2, 0.25) is 0 Å². The maximum Gasteiger partial charge on any atom is 0.384 e. The second-order valence-corrected chi connectivity index (χ2v) is 1.86. The van der Waals surface area contributed by atoms with Gasteiger partial charge in [0.05, 0.1) is 6.61 Å². The zero-order valence-electron chi connectivity index (χ0n) is 5.41. The van der Waals surface area contributed by atoms with Crippen molar-refractivity contribution in [2.45, 2.75) is 19.2 Å². The van der Waals surface area contributed by atoms with Crippen molar-refractivity contribution < 1.29 is 22.3 Å². The Labute approximate surface area is 56.0 Å². The largest absolute Gasteiger partial charge is 0.384 e. The molecule has 0 aliphatic carbocycles. The highest BCUT2D eigenvalue weighted by atomic mass is 19.3. The van der Waals surface area contributed by atoms with Crippen molar-refractivity contribution in [2.24, 2.45) is 0 Å². The van der Waals surface area contributed by atoms with Crippen LogP contribution in [0, 0.1) is 0 Å². The lowest BCUT2D eigenvalue weighted by molar-refractivity contribution is -0.251. The van der Waals surface area contributed by atoms with Gasteiger partial charge in [-0.25, -0.2) is 8.78 Å². The molecule has 1 unspecified atom stereocenters. The maximum atomic E-state index is 11.8. The summed E-state index contributed by atoms with van der Waals surface area (Å²) in [4.78, 5) is 0. The first kappa shape index (κ1) is 9.68. The molecule has 0 spiro atoms. The van der Waals surface area contributed by atoms with Gasteiger partial charge >= 0.3 is 6.11 Å². The monoisotopic (exact) mass is 160 g/mol. The Morgan fingerprint density at radius 1 is 1.50 bits per heavy atom. The Hall–Kier alpha value is -0.320. The SMILES string of the molecule is CC(F)COC(F)(F)CF. The summed E-state index contributed by atoms with van der Waals surface area (Å²) >= 11 is 0. The minimum atomic E-state index is -3.83. The van der Waals surface area contributed by atoms with Gasteiger partial charge in [0.2, 0.25) is 0 Å². The van der Waals surface area contributed by atoms with E-state index in [0.29, 0.717) is 0 Å². The molecule has 62 valence electrons. The molecule has 0 rings (SSSR count). The number of alkyl halides is 4. The van der Waals surface area contributed by atoms with Crippen molar-refractivity contribution in [1.82, 2.24) is 0 Å². The summed E-state index contributed by atoms with van der Waals surface area (Å²) < 4.78 is 50.1. The summed E-state index contributed by atoms with van der Waals surface area (Å²) in [7, 11) is 0. The lowest BCUT2D eigenvalue weighted by Gasteiger charge is -2.12. The van der Waals surface area contributed by atoms with E-state index in [0.717, 1.165) is 6.92 Å². The van der Waals surface area contributed by atoms with Gasteiger partial charge in [0.15, 0.2) is 6.67 Å². The number of halogens is 4. The molecule has 0 aliphatic rings. The minimum absolute atomic E-state index is 0.781. The summed E-state index contributed by atoms with van der Waals surface area (Å²) in [5, 5.41) is 0. The number of hydrogen-bond acceptors (Lipinski definition) is 1. The molecular formula is C5H8F4O. The van der Waals surface area contributed by atoms with Crippen LogP contribution in [-0.4, -0.2) is 25.6 Å². The molecule has 0 amide bonds. The summed E-state index contributed by atoms with van der Waals surface area (Å²) in [6, 6.07) is 0. The topological polar surface area (TPSA) is 9.23 Å². The molecule has 0 aromatic heterocycles. The number of hydrogen-bond donors (Lipinski definition) is 0. The van der Waals surface area contributed by atoms with E-state index in [1.54, 1.807) is 0 Å². The fourth-order valence-electron chi connectivity index (χ4n) is 0.275. The molecule has 10 heavy (non-hydrogen) atoms. The molecule has 0 saturated heterocycles. The molecular weight excluding hydrogens is 152 g/mol. The van der Waals surface area contributed by atoms with Gasteiger partial charge in [-0.05, 0) is 6.92 Å². The Morgan fingerprint density at radius 2 is 2.00 bits per heavy atom. The third-order valence-electron chi connectivity index (χ3n) is 0.680. The Morgan fingerprint density at radius 3 is 2.30 bits per heavy atom. The van der Waals surface area contributed by atoms with Gasteiger partial charge in [0, 0.05) is 0 Å². The van der Waals surface area contributed by atoms with Gasteiger partial charge in [-0.2, -0.15) is 8.78 Å². The highest BCUT2D eigenvalue weighted by Gasteiger charge is 2.30. The third-order valence-corrected chi connectivity index (χ3v) is 0.680. The normalized spacial score (nSPS) is 15.3. The molecule has 0 heterocycles. The maximum absolute atomic E-state index is 11.8. The van der Waals surface area contributed by atoms with Crippen LogP contribution < -0.4 is 0 Å². The van der Waals surface area contributed by atoms with E-state index in [1.165, 1.54) is 0 Å². The minimum Gasteiger partial charge on any atom is -0.315 e. The van der Waals surface area contributed by atoms with Crippen LogP contribution in [-0.2, 0) is 4.74 Å². The van der Waals surface area contributed by atoms with Crippen LogP contribution >= 0.6 is 0 Å². The average Bonchev–Trinajstić information content (AvgIpc) is 1.85. The quantitative estimate of drug-likeness (QED) is 0.571. The van der Waals surface area contributed by atoms with Gasteiger partial charge in [0.1, 0.15) is 6.17 Å². The zero-order chi connectivity index (χ0) is 8.20. The second-order valence-electron chi connectivity index (χ2n) is 1.86. The molecule has 5 heteroatoms. The van der Waals surface area contributed by atoms with Gasteiger partial charge in [-0.3, -0.25) is 0 Å². The molecule has 0 N–H and O–H groups in total. The predicted molar refractivity (Wildman–Crippen MR) is 27.4 cm³/mol. The zero-order valence-corrected chi connectivity index (χ0v) is 5.41. The van der Waals surface area contributed by atoms with E-state index < -0.39 is 25.6 Å². The molecule has 1 nitrogen and oxygen atoms in total. The fraction of sp³-hybridized carbons (Fsp3) is 1.00. The molecule has 0 bridgehead atoms. The first-order valence-corrected chi connectivity index (χ1v) is 2.70. The van der Waals surface area contributed by atoms with Crippen molar-refractivity contribution in [3.05, 3.63) is 0 Å². The third kappa shape index (κ3) is 4.55. The second kappa shape index (κ2) is 3.75. The summed E-state index contributed by atoms with van der Waals surface area (Å²) in [5.41, 5.74) is 0. The van der Waals surface area contributed by atoms with Crippen LogP contribution in [0.5, 0.6) is 0 Å². The molecule has 0 aliphatic heterocycles. The highest BCUT2D eigenvalue weighted by molar-refractivity contribution is 4.51. The van der Waals surface area contributed by atoms with Crippen LogP contribution in [0.4, 0.5) is 17.6 Å². The summed E-state index contributed by atoms with van der Waals surface area (Å²) in [6.45, 7) is -1.65. The van der Waals surface area contributed by atoms with Gasteiger partial charge in [-0.1, -0.05) is 0 Å². The molecule has 0 aromatic rings. The highest BCUT2D eigenvalue weighted by Crippen LogP contribution is 2.15. The van der Waals surface area contributed by atoms with Gasteiger partial charge in [-0.15, -0.1) is 0 Å². The number of ether oxygens (including phenoxy) is 1. The van der Waals surface area contributed by atoms with E-state index in [1.807, 2.05) is 0 Å². The smallest absolute Gasteiger partial charge is 0.315 e. The van der Waals surface area contributed by atoms with E-state index >= 15 is 0 Å². The Balaban J connectivity index is 3.46. The lowest BCUT2D eigenvalue weighted by Crippen LogP contribution is -2.26. The molecule has 0 saturated carbocycles. The summed E-state index contributed by atoms with van der Waals surface area (Å²) in [5.74, 6) is 0. The van der Waals surface area contributed by atoms with E-state index in [4.69, 9.17) is 0 Å². The van der Waals surface area contributed by atoms with Crippen LogP contribution in [0.15, 0.2) is 0 Å². The van der Waals surface area contributed by atoms with Crippen molar-refractivity contribution in [3.63, 3.8) is 0 Å².